The molecule has 0 unspecified atom stereocenters. The first-order valence-electron chi connectivity index (χ1n) is 11.2. The van der Waals surface area contributed by atoms with Crippen LogP contribution in [0.25, 0.3) is 0 Å². The van der Waals surface area contributed by atoms with Crippen LogP contribution >= 0.6 is 24.0 Å². The van der Waals surface area contributed by atoms with E-state index in [2.05, 4.69) is 31.2 Å². The number of nitrogens with zero attached hydrogens (tertiary/aromatic N) is 5. The number of aromatic nitrogens is 1. The lowest BCUT2D eigenvalue weighted by Gasteiger charge is -2.37. The largest absolute Gasteiger partial charge is 0.353 e. The van der Waals surface area contributed by atoms with Crippen LogP contribution in [0.15, 0.2) is 53.7 Å². The molecule has 0 radical (unpaired) electrons. The predicted molar refractivity (Wildman–Crippen MR) is 140 cm³/mol. The standard InChI is InChI=1S/C24H32N6O.HI/c1-25-24(30-17-15-28(16-18-30)22-7-3-4-12-26-22)27-19-20-8-10-21(11-9-20)23(31)29-13-5-2-6-14-29;/h3-4,7-12H,2,5-6,13-19H2,1H3,(H,25,27);1H. The maximum Gasteiger partial charge on any atom is 0.253 e. The van der Waals surface area contributed by atoms with Gasteiger partial charge in [-0.3, -0.25) is 9.79 Å². The number of piperazine rings is 1. The molecule has 3 heterocycles. The van der Waals surface area contributed by atoms with Gasteiger partial charge in [0.05, 0.1) is 0 Å². The number of halogens is 1. The smallest absolute Gasteiger partial charge is 0.253 e. The third-order valence-corrected chi connectivity index (χ3v) is 6.06. The minimum absolute atomic E-state index is 0. The Morgan fingerprint density at radius 2 is 1.66 bits per heavy atom. The number of anilines is 1. The number of aliphatic imine (C=N–C) groups is 1. The summed E-state index contributed by atoms with van der Waals surface area (Å²) in [6.45, 7) is 6.10. The number of carbonyl (C=O) groups excluding carboxylic acids is 1. The van der Waals surface area contributed by atoms with Gasteiger partial charge in [0.1, 0.15) is 5.82 Å². The summed E-state index contributed by atoms with van der Waals surface area (Å²) in [6.07, 6.45) is 5.30. The van der Waals surface area contributed by atoms with Gasteiger partial charge in [-0.05, 0) is 49.1 Å². The third-order valence-electron chi connectivity index (χ3n) is 6.06. The van der Waals surface area contributed by atoms with Crippen molar-refractivity contribution < 1.29 is 4.79 Å². The van der Waals surface area contributed by atoms with E-state index < -0.39 is 0 Å². The van der Waals surface area contributed by atoms with E-state index in [9.17, 15) is 4.79 Å². The van der Waals surface area contributed by atoms with E-state index in [1.165, 1.54) is 6.42 Å². The molecule has 2 fully saturated rings. The lowest BCUT2D eigenvalue weighted by Crippen LogP contribution is -2.52. The Morgan fingerprint density at radius 3 is 2.28 bits per heavy atom. The number of piperidine rings is 1. The molecule has 2 aromatic rings. The highest BCUT2D eigenvalue weighted by atomic mass is 127. The zero-order chi connectivity index (χ0) is 21.5. The maximum absolute atomic E-state index is 12.6. The SMILES string of the molecule is CN=C(NCc1ccc(C(=O)N2CCCCC2)cc1)N1CCN(c2ccccn2)CC1.I. The first-order valence-corrected chi connectivity index (χ1v) is 11.2. The second kappa shape index (κ2) is 12.0. The van der Waals surface area contributed by atoms with Gasteiger partial charge in [-0.25, -0.2) is 4.98 Å². The quantitative estimate of drug-likeness (QED) is 0.361. The summed E-state index contributed by atoms with van der Waals surface area (Å²) in [4.78, 5) is 28.1. The van der Waals surface area contributed by atoms with Crippen molar-refractivity contribution in [3.05, 3.63) is 59.8 Å². The van der Waals surface area contributed by atoms with Crippen LogP contribution in [-0.2, 0) is 6.54 Å². The minimum Gasteiger partial charge on any atom is -0.353 e. The lowest BCUT2D eigenvalue weighted by atomic mass is 10.1. The Kier molecular flexibility index (Phi) is 9.13. The van der Waals surface area contributed by atoms with Gasteiger partial charge in [-0.1, -0.05) is 18.2 Å². The van der Waals surface area contributed by atoms with E-state index in [-0.39, 0.29) is 29.9 Å². The summed E-state index contributed by atoms with van der Waals surface area (Å²) < 4.78 is 0. The molecule has 1 N–H and O–H groups in total. The van der Waals surface area contributed by atoms with Gasteiger partial charge in [0.2, 0.25) is 0 Å². The fourth-order valence-corrected chi connectivity index (χ4v) is 4.25. The van der Waals surface area contributed by atoms with Gasteiger partial charge in [-0.15, -0.1) is 24.0 Å². The number of likely N-dealkylation sites (tertiary alicyclic amines) is 1. The Balaban J connectivity index is 0.00000289. The molecule has 8 heteroatoms. The van der Waals surface area contributed by atoms with Gasteiger partial charge in [0, 0.05) is 64.6 Å². The summed E-state index contributed by atoms with van der Waals surface area (Å²) in [5.74, 6) is 2.10. The van der Waals surface area contributed by atoms with Crippen LogP contribution in [0.2, 0.25) is 0 Å². The van der Waals surface area contributed by atoms with Crippen molar-refractivity contribution in [3.63, 3.8) is 0 Å². The predicted octanol–water partition coefficient (Wildman–Crippen LogP) is 3.22. The molecular formula is C24H33IN6O. The topological polar surface area (TPSA) is 64.1 Å². The normalized spacial score (nSPS) is 17.0. The molecule has 0 bridgehead atoms. The average molecular weight is 548 g/mol. The molecule has 7 nitrogen and oxygen atoms in total. The van der Waals surface area contributed by atoms with E-state index in [0.717, 1.165) is 75.0 Å². The lowest BCUT2D eigenvalue weighted by molar-refractivity contribution is 0.0724. The van der Waals surface area contributed by atoms with Crippen LogP contribution < -0.4 is 10.2 Å². The maximum atomic E-state index is 12.6. The highest BCUT2D eigenvalue weighted by Gasteiger charge is 2.21. The van der Waals surface area contributed by atoms with Crippen molar-refractivity contribution in [1.82, 2.24) is 20.1 Å². The molecule has 0 saturated carbocycles. The fraction of sp³-hybridized carbons (Fsp3) is 0.458. The number of rotatable bonds is 4. The first kappa shape index (κ1) is 24.3. The number of pyridine rings is 1. The number of carbonyl (C=O) groups is 1. The Morgan fingerprint density at radius 1 is 0.938 bits per heavy atom. The summed E-state index contributed by atoms with van der Waals surface area (Å²) in [7, 11) is 1.83. The number of benzene rings is 1. The summed E-state index contributed by atoms with van der Waals surface area (Å²) in [5, 5.41) is 3.47. The number of hydrogen-bond acceptors (Lipinski definition) is 4. The second-order valence-corrected chi connectivity index (χ2v) is 8.11. The van der Waals surface area contributed by atoms with E-state index in [1.807, 2.05) is 54.5 Å². The van der Waals surface area contributed by atoms with Crippen LogP contribution in [0.1, 0.15) is 35.2 Å². The van der Waals surface area contributed by atoms with E-state index in [1.54, 1.807) is 0 Å². The fourth-order valence-electron chi connectivity index (χ4n) is 4.25. The third kappa shape index (κ3) is 6.11. The molecule has 32 heavy (non-hydrogen) atoms. The highest BCUT2D eigenvalue weighted by molar-refractivity contribution is 14.0. The van der Waals surface area contributed by atoms with Gasteiger partial charge in [-0.2, -0.15) is 0 Å². The van der Waals surface area contributed by atoms with Gasteiger partial charge >= 0.3 is 0 Å². The molecule has 1 aromatic carbocycles. The van der Waals surface area contributed by atoms with Crippen LogP contribution in [0.3, 0.4) is 0 Å². The van der Waals surface area contributed by atoms with Crippen LogP contribution in [0.5, 0.6) is 0 Å². The molecule has 2 saturated heterocycles. The van der Waals surface area contributed by atoms with Crippen molar-refractivity contribution in [2.45, 2.75) is 25.8 Å². The molecular weight excluding hydrogens is 515 g/mol. The van der Waals surface area contributed by atoms with E-state index in [4.69, 9.17) is 0 Å². The molecule has 2 aliphatic rings. The number of nitrogens with one attached hydrogen (secondary N) is 1. The molecule has 0 aliphatic carbocycles. The number of amides is 1. The van der Waals surface area contributed by atoms with Crippen LogP contribution in [0.4, 0.5) is 5.82 Å². The number of hydrogen-bond donors (Lipinski definition) is 1. The van der Waals surface area contributed by atoms with Gasteiger partial charge in [0.15, 0.2) is 5.96 Å². The van der Waals surface area contributed by atoms with E-state index >= 15 is 0 Å². The van der Waals surface area contributed by atoms with Gasteiger partial charge in [0.25, 0.3) is 5.91 Å². The Hall–Kier alpha value is -2.36. The van der Waals surface area contributed by atoms with Crippen molar-refractivity contribution in [1.29, 1.82) is 0 Å². The Bertz CT molecular complexity index is 875. The first-order chi connectivity index (χ1) is 15.2. The molecule has 2 aliphatic heterocycles. The summed E-state index contributed by atoms with van der Waals surface area (Å²) in [5.41, 5.74) is 1.92. The van der Waals surface area contributed by atoms with Crippen molar-refractivity contribution >= 4 is 41.7 Å². The van der Waals surface area contributed by atoms with E-state index in [0.29, 0.717) is 6.54 Å². The molecule has 4 rings (SSSR count). The molecule has 1 amide bonds. The zero-order valence-electron chi connectivity index (χ0n) is 18.7. The monoisotopic (exact) mass is 548 g/mol. The molecule has 1 aromatic heterocycles. The van der Waals surface area contributed by atoms with Crippen molar-refractivity contribution in [2.75, 3.05) is 51.2 Å². The van der Waals surface area contributed by atoms with Gasteiger partial charge < -0.3 is 20.0 Å². The molecule has 0 spiro atoms. The Labute approximate surface area is 207 Å². The van der Waals surface area contributed by atoms with Crippen molar-refractivity contribution in [3.8, 4) is 0 Å². The van der Waals surface area contributed by atoms with Crippen LogP contribution in [-0.4, -0.2) is 73.0 Å². The molecule has 172 valence electrons. The highest BCUT2D eigenvalue weighted by Crippen LogP contribution is 2.15. The summed E-state index contributed by atoms with van der Waals surface area (Å²) in [6, 6.07) is 14.0. The van der Waals surface area contributed by atoms with Crippen molar-refractivity contribution in [2.24, 2.45) is 4.99 Å². The zero-order valence-corrected chi connectivity index (χ0v) is 21.1. The molecule has 0 atom stereocenters. The van der Waals surface area contributed by atoms with Crippen LogP contribution in [0, 0.1) is 0 Å². The summed E-state index contributed by atoms with van der Waals surface area (Å²) >= 11 is 0. The minimum atomic E-state index is 0. The second-order valence-electron chi connectivity index (χ2n) is 8.11. The average Bonchev–Trinajstić information content (AvgIpc) is 2.86. The number of guanidine groups is 1.